The SMILES string of the molecule is CCC(C)CC(=O)c1ccc(NS(C)(=O)=O)cc1. The van der Waals surface area contributed by atoms with Crippen molar-refractivity contribution in [1.82, 2.24) is 0 Å². The molecule has 0 fully saturated rings. The molecule has 0 spiro atoms. The van der Waals surface area contributed by atoms with Crippen LogP contribution in [0.1, 0.15) is 37.0 Å². The van der Waals surface area contributed by atoms with Gasteiger partial charge in [-0.3, -0.25) is 9.52 Å². The van der Waals surface area contributed by atoms with Crippen molar-refractivity contribution in [3.8, 4) is 0 Å². The van der Waals surface area contributed by atoms with E-state index in [0.29, 0.717) is 23.6 Å². The van der Waals surface area contributed by atoms with E-state index in [4.69, 9.17) is 0 Å². The van der Waals surface area contributed by atoms with Gasteiger partial charge in [0, 0.05) is 17.7 Å². The minimum Gasteiger partial charge on any atom is -0.294 e. The minimum atomic E-state index is -3.27. The van der Waals surface area contributed by atoms with Gasteiger partial charge in [0.2, 0.25) is 10.0 Å². The van der Waals surface area contributed by atoms with Gasteiger partial charge in [0.15, 0.2) is 5.78 Å². The van der Waals surface area contributed by atoms with Crippen molar-refractivity contribution < 1.29 is 13.2 Å². The molecular weight excluding hydrogens is 250 g/mol. The maximum atomic E-state index is 11.9. The maximum Gasteiger partial charge on any atom is 0.229 e. The first-order valence-corrected chi connectivity index (χ1v) is 7.82. The van der Waals surface area contributed by atoms with Crippen molar-refractivity contribution in [3.05, 3.63) is 29.8 Å². The van der Waals surface area contributed by atoms with E-state index in [0.717, 1.165) is 12.7 Å². The van der Waals surface area contributed by atoms with Crippen molar-refractivity contribution in [2.45, 2.75) is 26.7 Å². The molecule has 1 aromatic carbocycles. The van der Waals surface area contributed by atoms with Crippen LogP contribution in [0.4, 0.5) is 5.69 Å². The lowest BCUT2D eigenvalue weighted by molar-refractivity contribution is 0.0963. The average molecular weight is 269 g/mol. The Hall–Kier alpha value is -1.36. The zero-order valence-corrected chi connectivity index (χ0v) is 11.8. The number of sulfonamides is 1. The van der Waals surface area contributed by atoms with Gasteiger partial charge < -0.3 is 0 Å². The largest absolute Gasteiger partial charge is 0.294 e. The zero-order valence-electron chi connectivity index (χ0n) is 10.9. The smallest absolute Gasteiger partial charge is 0.229 e. The van der Waals surface area contributed by atoms with Crippen LogP contribution in [0.15, 0.2) is 24.3 Å². The van der Waals surface area contributed by atoms with Crippen LogP contribution in [-0.2, 0) is 10.0 Å². The predicted molar refractivity (Wildman–Crippen MR) is 73.3 cm³/mol. The molecule has 0 aliphatic rings. The fourth-order valence-electron chi connectivity index (χ4n) is 1.52. The third-order valence-electron chi connectivity index (χ3n) is 2.74. The van der Waals surface area contributed by atoms with Crippen LogP contribution < -0.4 is 4.72 Å². The minimum absolute atomic E-state index is 0.0928. The lowest BCUT2D eigenvalue weighted by atomic mass is 9.98. The molecule has 0 saturated heterocycles. The molecule has 0 saturated carbocycles. The summed E-state index contributed by atoms with van der Waals surface area (Å²) >= 11 is 0. The fourth-order valence-corrected chi connectivity index (χ4v) is 2.08. The third kappa shape index (κ3) is 4.87. The van der Waals surface area contributed by atoms with E-state index in [2.05, 4.69) is 11.6 Å². The summed E-state index contributed by atoms with van der Waals surface area (Å²) in [5.74, 6) is 0.460. The van der Waals surface area contributed by atoms with E-state index in [9.17, 15) is 13.2 Å². The van der Waals surface area contributed by atoms with Gasteiger partial charge in [-0.05, 0) is 30.2 Å². The van der Waals surface area contributed by atoms with Gasteiger partial charge in [-0.15, -0.1) is 0 Å². The first kappa shape index (κ1) is 14.7. The second kappa shape index (κ2) is 6.00. The van der Waals surface area contributed by atoms with Crippen LogP contribution in [0.25, 0.3) is 0 Å². The number of hydrogen-bond donors (Lipinski definition) is 1. The molecule has 0 bridgehead atoms. The Morgan fingerprint density at radius 3 is 2.28 bits per heavy atom. The number of nitrogens with one attached hydrogen (secondary N) is 1. The van der Waals surface area contributed by atoms with E-state index < -0.39 is 10.0 Å². The van der Waals surface area contributed by atoms with Gasteiger partial charge in [-0.1, -0.05) is 20.3 Å². The fraction of sp³-hybridized carbons (Fsp3) is 0.462. The topological polar surface area (TPSA) is 63.2 Å². The standard InChI is InChI=1S/C13H19NO3S/c1-4-10(2)9-13(15)11-5-7-12(8-6-11)14-18(3,16)17/h5-8,10,14H,4,9H2,1-3H3. The number of carbonyl (C=O) groups is 1. The van der Waals surface area contributed by atoms with E-state index in [1.165, 1.54) is 0 Å². The summed E-state index contributed by atoms with van der Waals surface area (Å²) in [6.45, 7) is 4.09. The number of ketones is 1. The van der Waals surface area contributed by atoms with Crippen molar-refractivity contribution in [2.24, 2.45) is 5.92 Å². The number of anilines is 1. The Morgan fingerprint density at radius 1 is 1.28 bits per heavy atom. The lowest BCUT2D eigenvalue weighted by Gasteiger charge is -2.08. The van der Waals surface area contributed by atoms with Crippen molar-refractivity contribution in [1.29, 1.82) is 0 Å². The molecule has 1 aromatic rings. The van der Waals surface area contributed by atoms with Gasteiger partial charge in [-0.2, -0.15) is 0 Å². The van der Waals surface area contributed by atoms with Crippen LogP contribution in [0.2, 0.25) is 0 Å². The molecule has 0 amide bonds. The second-order valence-corrected chi connectivity index (χ2v) is 6.34. The number of carbonyl (C=O) groups excluding carboxylic acids is 1. The average Bonchev–Trinajstić information content (AvgIpc) is 2.27. The Labute approximate surface area is 108 Å². The first-order valence-electron chi connectivity index (χ1n) is 5.93. The van der Waals surface area contributed by atoms with Crippen LogP contribution in [0.3, 0.4) is 0 Å². The van der Waals surface area contributed by atoms with Crippen LogP contribution >= 0.6 is 0 Å². The van der Waals surface area contributed by atoms with E-state index in [-0.39, 0.29) is 5.78 Å². The molecule has 0 heterocycles. The highest BCUT2D eigenvalue weighted by Gasteiger charge is 2.10. The molecule has 0 aliphatic heterocycles. The summed E-state index contributed by atoms with van der Waals surface area (Å²) < 4.78 is 24.4. The molecule has 1 atom stereocenters. The summed E-state index contributed by atoms with van der Waals surface area (Å²) in [5.41, 5.74) is 1.09. The predicted octanol–water partition coefficient (Wildman–Crippen LogP) is 2.68. The highest BCUT2D eigenvalue weighted by molar-refractivity contribution is 7.92. The molecule has 100 valence electrons. The van der Waals surface area contributed by atoms with E-state index in [1.807, 2.05) is 6.92 Å². The highest BCUT2D eigenvalue weighted by atomic mass is 32.2. The summed E-state index contributed by atoms with van der Waals surface area (Å²) in [6, 6.07) is 6.51. The molecule has 0 aliphatic carbocycles. The van der Waals surface area contributed by atoms with Gasteiger partial charge >= 0.3 is 0 Å². The van der Waals surface area contributed by atoms with Crippen molar-refractivity contribution in [3.63, 3.8) is 0 Å². The normalized spacial score (nSPS) is 13.1. The summed E-state index contributed by atoms with van der Waals surface area (Å²) in [4.78, 5) is 11.9. The summed E-state index contributed by atoms with van der Waals surface area (Å²) in [6.07, 6.45) is 2.59. The molecule has 5 heteroatoms. The van der Waals surface area contributed by atoms with Crippen LogP contribution in [0.5, 0.6) is 0 Å². The van der Waals surface area contributed by atoms with Gasteiger partial charge in [0.05, 0.1) is 6.26 Å². The number of benzene rings is 1. The monoisotopic (exact) mass is 269 g/mol. The zero-order chi connectivity index (χ0) is 13.8. The molecule has 1 rings (SSSR count). The molecular formula is C13H19NO3S. The lowest BCUT2D eigenvalue weighted by Crippen LogP contribution is -2.10. The van der Waals surface area contributed by atoms with Gasteiger partial charge in [0.1, 0.15) is 0 Å². The van der Waals surface area contributed by atoms with E-state index in [1.54, 1.807) is 24.3 Å². The quantitative estimate of drug-likeness (QED) is 0.808. The molecule has 1 N–H and O–H groups in total. The Kier molecular flexibility index (Phi) is 4.90. The number of hydrogen-bond acceptors (Lipinski definition) is 3. The Morgan fingerprint density at radius 2 is 1.83 bits per heavy atom. The first-order chi connectivity index (χ1) is 8.31. The maximum absolute atomic E-state index is 11.9. The Bertz CT molecular complexity index is 506. The second-order valence-electron chi connectivity index (χ2n) is 4.59. The van der Waals surface area contributed by atoms with Gasteiger partial charge in [0.25, 0.3) is 0 Å². The van der Waals surface area contributed by atoms with Gasteiger partial charge in [-0.25, -0.2) is 8.42 Å². The van der Waals surface area contributed by atoms with Crippen LogP contribution in [0, 0.1) is 5.92 Å². The van der Waals surface area contributed by atoms with Crippen molar-refractivity contribution >= 4 is 21.5 Å². The summed E-state index contributed by atoms with van der Waals surface area (Å²) in [5, 5.41) is 0. The molecule has 18 heavy (non-hydrogen) atoms. The number of Topliss-reactive ketones (excluding diaryl/α,β-unsaturated/α-hetero) is 1. The molecule has 4 nitrogen and oxygen atoms in total. The highest BCUT2D eigenvalue weighted by Crippen LogP contribution is 2.15. The Balaban J connectivity index is 2.74. The molecule has 1 unspecified atom stereocenters. The van der Waals surface area contributed by atoms with Crippen molar-refractivity contribution in [2.75, 3.05) is 11.0 Å². The third-order valence-corrected chi connectivity index (χ3v) is 3.35. The number of rotatable bonds is 6. The molecule has 0 aromatic heterocycles. The van der Waals surface area contributed by atoms with Crippen LogP contribution in [-0.4, -0.2) is 20.5 Å². The van der Waals surface area contributed by atoms with E-state index >= 15 is 0 Å². The molecule has 0 radical (unpaired) electrons. The summed E-state index contributed by atoms with van der Waals surface area (Å²) in [7, 11) is -3.27.